The van der Waals surface area contributed by atoms with Gasteiger partial charge in [-0.1, -0.05) is 37.7 Å². The Bertz CT molecular complexity index is 785. The van der Waals surface area contributed by atoms with Crippen molar-refractivity contribution in [2.24, 2.45) is 16.3 Å². The highest BCUT2D eigenvalue weighted by molar-refractivity contribution is 8.14. The van der Waals surface area contributed by atoms with Crippen molar-refractivity contribution in [1.82, 2.24) is 4.90 Å². The molecule has 0 aromatic heterocycles. The number of hydrogen-bond acceptors (Lipinski definition) is 5. The molecule has 0 spiro atoms. The third kappa shape index (κ3) is 4.33. The average molecular weight is 415 g/mol. The van der Waals surface area contributed by atoms with Gasteiger partial charge in [0.25, 0.3) is 5.91 Å². The Kier molecular flexibility index (Phi) is 5.94. The van der Waals surface area contributed by atoms with Crippen molar-refractivity contribution in [3.63, 3.8) is 0 Å². The fourth-order valence-electron chi connectivity index (χ4n) is 4.83. The van der Waals surface area contributed by atoms with Crippen LogP contribution in [0.25, 0.3) is 0 Å². The van der Waals surface area contributed by atoms with Crippen LogP contribution in [-0.2, 0) is 4.79 Å². The molecular weight excluding hydrogens is 380 g/mol. The second-order valence-electron chi connectivity index (χ2n) is 9.43. The second kappa shape index (κ2) is 8.31. The van der Waals surface area contributed by atoms with E-state index < -0.39 is 0 Å². The predicted octanol–water partition coefficient (Wildman–Crippen LogP) is 4.09. The summed E-state index contributed by atoms with van der Waals surface area (Å²) in [4.78, 5) is 24.7. The highest BCUT2D eigenvalue weighted by Crippen LogP contribution is 2.47. The number of rotatable bonds is 3. The number of amides is 1. The number of anilines is 2. The summed E-state index contributed by atoms with van der Waals surface area (Å²) in [7, 11) is 2.18. The van der Waals surface area contributed by atoms with Gasteiger partial charge in [0.05, 0.1) is 17.3 Å². The number of fused-ring (bicyclic) bond motifs is 1. The number of thioether (sulfide) groups is 1. The molecule has 5 nitrogen and oxygen atoms in total. The minimum absolute atomic E-state index is 0.0825. The van der Waals surface area contributed by atoms with Gasteiger partial charge in [0, 0.05) is 38.0 Å². The van der Waals surface area contributed by atoms with E-state index in [-0.39, 0.29) is 17.2 Å². The Labute approximate surface area is 179 Å². The molecule has 0 N–H and O–H groups in total. The standard InChI is InChI=1S/C23H34N4OS/c1-5-27(19-9-7-6-8-18(19)26-14-12-25(4)13-15-26)22-24-21(28)17-16-23(2,3)11-10-20(17)29-22/h6-9,17,20H,5,10-16H2,1-4H3. The van der Waals surface area contributed by atoms with Crippen molar-refractivity contribution in [2.45, 2.75) is 45.3 Å². The molecule has 2 atom stereocenters. The van der Waals surface area contributed by atoms with Gasteiger partial charge in [-0.2, -0.15) is 4.99 Å². The lowest BCUT2D eigenvalue weighted by molar-refractivity contribution is -0.123. The summed E-state index contributed by atoms with van der Waals surface area (Å²) in [5.41, 5.74) is 2.68. The van der Waals surface area contributed by atoms with E-state index in [2.05, 4.69) is 71.8 Å². The molecule has 2 heterocycles. The van der Waals surface area contributed by atoms with Crippen LogP contribution in [0.5, 0.6) is 0 Å². The van der Waals surface area contributed by atoms with Gasteiger partial charge >= 0.3 is 0 Å². The normalized spacial score (nSPS) is 27.4. The summed E-state index contributed by atoms with van der Waals surface area (Å²) < 4.78 is 0. The van der Waals surface area contributed by atoms with E-state index in [4.69, 9.17) is 0 Å². The van der Waals surface area contributed by atoms with E-state index in [1.165, 1.54) is 17.8 Å². The monoisotopic (exact) mass is 414 g/mol. The highest BCUT2D eigenvalue weighted by atomic mass is 32.2. The first kappa shape index (κ1) is 20.7. The van der Waals surface area contributed by atoms with E-state index in [9.17, 15) is 4.79 Å². The van der Waals surface area contributed by atoms with Crippen molar-refractivity contribution in [3.8, 4) is 0 Å². The first-order valence-electron chi connectivity index (χ1n) is 11.0. The lowest BCUT2D eigenvalue weighted by atomic mass is 9.71. The molecule has 29 heavy (non-hydrogen) atoms. The Balaban J connectivity index is 1.61. The van der Waals surface area contributed by atoms with E-state index in [1.54, 1.807) is 0 Å². The quantitative estimate of drug-likeness (QED) is 0.745. The van der Waals surface area contributed by atoms with Gasteiger partial charge in [-0.3, -0.25) is 4.79 Å². The molecule has 1 saturated heterocycles. The molecule has 158 valence electrons. The molecule has 1 amide bonds. The summed E-state index contributed by atoms with van der Waals surface area (Å²) >= 11 is 1.83. The highest BCUT2D eigenvalue weighted by Gasteiger charge is 2.43. The Morgan fingerprint density at radius 2 is 1.93 bits per heavy atom. The zero-order valence-electron chi connectivity index (χ0n) is 18.2. The van der Waals surface area contributed by atoms with Gasteiger partial charge in [-0.15, -0.1) is 0 Å². The minimum Gasteiger partial charge on any atom is -0.367 e. The molecule has 0 bridgehead atoms. The number of likely N-dealkylation sites (N-methyl/N-ethyl adjacent to an activating group) is 1. The smallest absolute Gasteiger partial charge is 0.252 e. The molecule has 1 aliphatic carbocycles. The SMILES string of the molecule is CCN(C1=NC(=O)C2CC(C)(C)CCC2S1)c1ccccc1N1CCN(C)CC1. The molecule has 1 aromatic carbocycles. The van der Waals surface area contributed by atoms with Crippen LogP contribution < -0.4 is 9.80 Å². The third-order valence-corrected chi connectivity index (χ3v) is 8.06. The van der Waals surface area contributed by atoms with Gasteiger partial charge in [0.1, 0.15) is 0 Å². The minimum atomic E-state index is 0.0825. The topological polar surface area (TPSA) is 39.2 Å². The van der Waals surface area contributed by atoms with Crippen LogP contribution in [0, 0.1) is 11.3 Å². The summed E-state index contributed by atoms with van der Waals surface area (Å²) in [6.45, 7) is 11.8. The first-order chi connectivity index (χ1) is 13.9. The van der Waals surface area contributed by atoms with Crippen molar-refractivity contribution >= 4 is 34.2 Å². The molecule has 1 aromatic rings. The van der Waals surface area contributed by atoms with Crippen LogP contribution in [0.4, 0.5) is 11.4 Å². The molecule has 6 heteroatoms. The predicted molar refractivity (Wildman–Crippen MR) is 124 cm³/mol. The fraction of sp³-hybridized carbons (Fsp3) is 0.652. The number of nitrogens with zero attached hydrogens (tertiary/aromatic N) is 4. The number of carbonyl (C=O) groups excluding carboxylic acids is 1. The van der Waals surface area contributed by atoms with Crippen molar-refractivity contribution in [3.05, 3.63) is 24.3 Å². The maximum atomic E-state index is 13.0. The van der Waals surface area contributed by atoms with Crippen molar-refractivity contribution in [1.29, 1.82) is 0 Å². The summed E-state index contributed by atoms with van der Waals surface area (Å²) in [5.74, 6) is 0.172. The Hall–Kier alpha value is -1.53. The van der Waals surface area contributed by atoms with Gasteiger partial charge in [0.2, 0.25) is 0 Å². The number of aliphatic imine (C=N–C) groups is 1. The summed E-state index contributed by atoms with van der Waals surface area (Å²) in [5, 5.41) is 1.26. The van der Waals surface area contributed by atoms with Crippen LogP contribution in [0.15, 0.2) is 29.3 Å². The van der Waals surface area contributed by atoms with Gasteiger partial charge in [0.15, 0.2) is 5.17 Å². The lowest BCUT2D eigenvalue weighted by Gasteiger charge is -2.42. The largest absolute Gasteiger partial charge is 0.367 e. The van der Waals surface area contributed by atoms with Gasteiger partial charge in [-0.25, -0.2) is 0 Å². The molecule has 1 saturated carbocycles. The number of piperazine rings is 1. The molecular formula is C23H34N4OS. The molecule has 2 aliphatic heterocycles. The third-order valence-electron chi connectivity index (χ3n) is 6.67. The van der Waals surface area contributed by atoms with Gasteiger partial charge < -0.3 is 14.7 Å². The molecule has 3 aliphatic rings. The Morgan fingerprint density at radius 1 is 1.21 bits per heavy atom. The molecule has 2 fully saturated rings. The van der Waals surface area contributed by atoms with Crippen LogP contribution >= 0.6 is 11.8 Å². The number of benzene rings is 1. The van der Waals surface area contributed by atoms with Crippen LogP contribution in [-0.4, -0.2) is 61.0 Å². The number of amidine groups is 1. The van der Waals surface area contributed by atoms with Gasteiger partial charge in [-0.05, 0) is 50.8 Å². The Morgan fingerprint density at radius 3 is 2.66 bits per heavy atom. The molecule has 0 radical (unpaired) electrons. The molecule has 4 rings (SSSR count). The second-order valence-corrected chi connectivity index (χ2v) is 10.6. The fourth-order valence-corrected chi connectivity index (χ4v) is 6.21. The van der Waals surface area contributed by atoms with Crippen LogP contribution in [0.2, 0.25) is 0 Å². The lowest BCUT2D eigenvalue weighted by Crippen LogP contribution is -2.46. The maximum absolute atomic E-state index is 13.0. The number of carbonyl (C=O) groups is 1. The first-order valence-corrected chi connectivity index (χ1v) is 11.9. The van der Waals surface area contributed by atoms with Crippen molar-refractivity contribution < 1.29 is 4.79 Å². The van der Waals surface area contributed by atoms with E-state index in [0.29, 0.717) is 5.25 Å². The zero-order chi connectivity index (χ0) is 20.6. The van der Waals surface area contributed by atoms with Crippen molar-refractivity contribution in [2.75, 3.05) is 49.6 Å². The number of para-hydroxylation sites is 2. The van der Waals surface area contributed by atoms with E-state index >= 15 is 0 Å². The maximum Gasteiger partial charge on any atom is 0.252 e. The summed E-state index contributed by atoms with van der Waals surface area (Å²) in [6, 6.07) is 8.61. The van der Waals surface area contributed by atoms with Crippen LogP contribution in [0.1, 0.15) is 40.0 Å². The molecule has 2 unspecified atom stereocenters. The van der Waals surface area contributed by atoms with Crippen LogP contribution in [0.3, 0.4) is 0 Å². The number of hydrogen-bond donors (Lipinski definition) is 0. The summed E-state index contributed by atoms with van der Waals surface area (Å²) in [6.07, 6.45) is 3.25. The zero-order valence-corrected chi connectivity index (χ0v) is 19.0. The van der Waals surface area contributed by atoms with E-state index in [1.807, 2.05) is 11.8 Å². The average Bonchev–Trinajstić information content (AvgIpc) is 2.70. The van der Waals surface area contributed by atoms with E-state index in [0.717, 1.165) is 50.7 Å².